The van der Waals surface area contributed by atoms with Crippen molar-refractivity contribution in [3.05, 3.63) is 0 Å². The number of carbonyl (C=O) groups excluding carboxylic acids is 3. The molecule has 2 aliphatic heterocycles. The van der Waals surface area contributed by atoms with Crippen molar-refractivity contribution in [3.8, 4) is 0 Å². The molecule has 5 N–H and O–H groups in total. The first-order valence-electron chi connectivity index (χ1n) is 7.04. The summed E-state index contributed by atoms with van der Waals surface area (Å²) in [7, 11) is 0. The maximum atomic E-state index is 12.2. The quantitative estimate of drug-likeness (QED) is 0.561. The predicted molar refractivity (Wildman–Crippen MR) is 72.3 cm³/mol. The normalized spacial score (nSPS) is 28.1. The number of nitrogens with two attached hydrogens (primary N) is 2. The predicted octanol–water partition coefficient (Wildman–Crippen LogP) is -1.29. The van der Waals surface area contributed by atoms with E-state index in [1.54, 1.807) is 0 Å². The van der Waals surface area contributed by atoms with E-state index in [-0.39, 0.29) is 19.0 Å². The van der Waals surface area contributed by atoms with Crippen molar-refractivity contribution in [1.29, 1.82) is 0 Å². The number of piperidine rings is 1. The molecule has 2 saturated heterocycles. The summed E-state index contributed by atoms with van der Waals surface area (Å²) in [5.41, 5.74) is 10.2. The Labute approximate surface area is 118 Å². The largest absolute Gasteiger partial charge is 0.368 e. The van der Waals surface area contributed by atoms with Crippen LogP contribution >= 0.6 is 0 Å². The highest BCUT2D eigenvalue weighted by Gasteiger charge is 2.35. The van der Waals surface area contributed by atoms with Gasteiger partial charge in [0.05, 0.1) is 13.1 Å². The molecule has 0 aromatic heterocycles. The van der Waals surface area contributed by atoms with Crippen LogP contribution < -0.4 is 16.8 Å². The zero-order valence-electron chi connectivity index (χ0n) is 11.5. The van der Waals surface area contributed by atoms with Gasteiger partial charge in [-0.25, -0.2) is 0 Å². The highest BCUT2D eigenvalue weighted by Crippen LogP contribution is 2.32. The summed E-state index contributed by atoms with van der Waals surface area (Å²) in [5.74, 6) is -1.17. The maximum Gasteiger partial charge on any atom is 0.237 e. The Morgan fingerprint density at radius 1 is 1.00 bits per heavy atom. The van der Waals surface area contributed by atoms with Crippen LogP contribution in [0.3, 0.4) is 0 Å². The SMILES string of the molecule is NC(=O)CN(CC(N)=O)C(=O)CC1CC2CCC(C1)N2. The van der Waals surface area contributed by atoms with Crippen LogP contribution in [-0.2, 0) is 14.4 Å². The second-order valence-electron chi connectivity index (χ2n) is 5.86. The van der Waals surface area contributed by atoms with Crippen LogP contribution in [0.25, 0.3) is 0 Å². The first-order chi connectivity index (χ1) is 9.44. The average Bonchev–Trinajstić information content (AvgIpc) is 2.66. The fourth-order valence-corrected chi connectivity index (χ4v) is 3.33. The summed E-state index contributed by atoms with van der Waals surface area (Å²) in [5, 5.41) is 3.51. The highest BCUT2D eigenvalue weighted by molar-refractivity contribution is 5.88. The Morgan fingerprint density at radius 2 is 1.50 bits per heavy atom. The van der Waals surface area contributed by atoms with Gasteiger partial charge < -0.3 is 21.7 Å². The molecule has 112 valence electrons. The second kappa shape index (κ2) is 6.21. The Kier molecular flexibility index (Phi) is 4.59. The topological polar surface area (TPSA) is 119 Å². The minimum absolute atomic E-state index is 0.214. The molecule has 0 spiro atoms. The Hall–Kier alpha value is -1.63. The number of hydrogen-bond donors (Lipinski definition) is 3. The molecule has 2 atom stereocenters. The van der Waals surface area contributed by atoms with Crippen molar-refractivity contribution in [1.82, 2.24) is 10.2 Å². The zero-order chi connectivity index (χ0) is 14.7. The number of amides is 3. The molecule has 2 unspecified atom stereocenters. The fourth-order valence-electron chi connectivity index (χ4n) is 3.33. The van der Waals surface area contributed by atoms with Crippen LogP contribution in [0.15, 0.2) is 0 Å². The molecule has 0 saturated carbocycles. The van der Waals surface area contributed by atoms with Gasteiger partial charge in [0.15, 0.2) is 0 Å². The van der Waals surface area contributed by atoms with Gasteiger partial charge in [-0.15, -0.1) is 0 Å². The van der Waals surface area contributed by atoms with E-state index >= 15 is 0 Å². The summed E-state index contributed by atoms with van der Waals surface area (Å²) in [6.07, 6.45) is 4.64. The van der Waals surface area contributed by atoms with E-state index in [1.807, 2.05) is 0 Å². The molecular formula is C13H22N4O3. The third-order valence-electron chi connectivity index (χ3n) is 4.08. The maximum absolute atomic E-state index is 12.2. The van der Waals surface area contributed by atoms with Gasteiger partial charge >= 0.3 is 0 Å². The second-order valence-corrected chi connectivity index (χ2v) is 5.86. The van der Waals surface area contributed by atoms with Gasteiger partial charge in [0, 0.05) is 18.5 Å². The molecule has 0 aliphatic carbocycles. The van der Waals surface area contributed by atoms with E-state index in [4.69, 9.17) is 11.5 Å². The van der Waals surface area contributed by atoms with Crippen LogP contribution in [-0.4, -0.2) is 47.8 Å². The smallest absolute Gasteiger partial charge is 0.237 e. The molecule has 2 bridgehead atoms. The van der Waals surface area contributed by atoms with E-state index in [1.165, 1.54) is 12.8 Å². The number of primary amides is 2. The summed E-state index contributed by atoms with van der Waals surface area (Å²) in [6.45, 7) is -0.501. The van der Waals surface area contributed by atoms with Crippen LogP contribution in [0.2, 0.25) is 0 Å². The molecule has 0 aromatic rings. The average molecular weight is 282 g/mol. The van der Waals surface area contributed by atoms with E-state index < -0.39 is 11.8 Å². The minimum atomic E-state index is -0.634. The van der Waals surface area contributed by atoms with E-state index in [9.17, 15) is 14.4 Å². The molecule has 3 amide bonds. The van der Waals surface area contributed by atoms with E-state index in [0.717, 1.165) is 17.7 Å². The van der Waals surface area contributed by atoms with E-state index in [2.05, 4.69) is 5.32 Å². The molecule has 2 fully saturated rings. The number of nitrogens with one attached hydrogen (secondary N) is 1. The van der Waals surface area contributed by atoms with Crippen molar-refractivity contribution in [2.24, 2.45) is 17.4 Å². The third-order valence-corrected chi connectivity index (χ3v) is 4.08. The van der Waals surface area contributed by atoms with Gasteiger partial charge in [-0.2, -0.15) is 0 Å². The van der Waals surface area contributed by atoms with Crippen LogP contribution in [0.1, 0.15) is 32.1 Å². The highest BCUT2D eigenvalue weighted by atomic mass is 16.2. The minimum Gasteiger partial charge on any atom is -0.368 e. The number of nitrogens with zero attached hydrogens (tertiary/aromatic N) is 1. The first kappa shape index (κ1) is 14.8. The molecular weight excluding hydrogens is 260 g/mol. The number of carbonyl (C=O) groups is 3. The van der Waals surface area contributed by atoms with Crippen molar-refractivity contribution < 1.29 is 14.4 Å². The van der Waals surface area contributed by atoms with E-state index in [0.29, 0.717) is 24.4 Å². The zero-order valence-corrected chi connectivity index (χ0v) is 11.5. The number of rotatable bonds is 6. The molecule has 7 nitrogen and oxygen atoms in total. The standard InChI is InChI=1S/C13H22N4O3/c14-11(18)6-17(7-12(15)19)13(20)5-8-3-9-1-2-10(4-8)16-9/h8-10,16H,1-7H2,(H2,14,18)(H2,15,19). The van der Waals surface area contributed by atoms with Crippen molar-refractivity contribution in [2.45, 2.75) is 44.2 Å². The Balaban J connectivity index is 1.90. The molecule has 7 heteroatoms. The molecule has 2 rings (SSSR count). The molecule has 0 aromatic carbocycles. The molecule has 2 heterocycles. The lowest BCUT2D eigenvalue weighted by Gasteiger charge is -2.30. The van der Waals surface area contributed by atoms with Crippen LogP contribution in [0.4, 0.5) is 0 Å². The van der Waals surface area contributed by atoms with Gasteiger partial charge in [0.25, 0.3) is 0 Å². The van der Waals surface area contributed by atoms with Crippen LogP contribution in [0.5, 0.6) is 0 Å². The number of fused-ring (bicyclic) bond motifs is 2. The summed E-state index contributed by atoms with van der Waals surface area (Å²) in [6, 6.07) is 1.01. The summed E-state index contributed by atoms with van der Waals surface area (Å²) >= 11 is 0. The lowest BCUT2D eigenvalue weighted by Crippen LogP contribution is -2.45. The Morgan fingerprint density at radius 3 is 1.95 bits per heavy atom. The summed E-state index contributed by atoms with van der Waals surface area (Å²) < 4.78 is 0. The lowest BCUT2D eigenvalue weighted by atomic mass is 9.89. The summed E-state index contributed by atoms with van der Waals surface area (Å²) in [4.78, 5) is 35.3. The monoisotopic (exact) mass is 282 g/mol. The molecule has 0 radical (unpaired) electrons. The third kappa shape index (κ3) is 3.93. The fraction of sp³-hybridized carbons (Fsp3) is 0.769. The lowest BCUT2D eigenvalue weighted by molar-refractivity contribution is -0.139. The van der Waals surface area contributed by atoms with Gasteiger partial charge in [0.2, 0.25) is 17.7 Å². The number of hydrogen-bond acceptors (Lipinski definition) is 4. The van der Waals surface area contributed by atoms with Crippen molar-refractivity contribution >= 4 is 17.7 Å². The van der Waals surface area contributed by atoms with Crippen LogP contribution in [0, 0.1) is 5.92 Å². The Bertz CT molecular complexity index is 384. The van der Waals surface area contributed by atoms with Crippen molar-refractivity contribution in [3.63, 3.8) is 0 Å². The van der Waals surface area contributed by atoms with Gasteiger partial charge in [-0.3, -0.25) is 14.4 Å². The van der Waals surface area contributed by atoms with Gasteiger partial charge in [0.1, 0.15) is 0 Å². The first-order valence-corrected chi connectivity index (χ1v) is 7.04. The van der Waals surface area contributed by atoms with Gasteiger partial charge in [-0.1, -0.05) is 0 Å². The molecule has 20 heavy (non-hydrogen) atoms. The molecule has 2 aliphatic rings. The van der Waals surface area contributed by atoms with Crippen molar-refractivity contribution in [2.75, 3.05) is 13.1 Å². The van der Waals surface area contributed by atoms with Gasteiger partial charge in [-0.05, 0) is 31.6 Å².